The highest BCUT2D eigenvalue weighted by Crippen LogP contribution is 2.28. The Bertz CT molecular complexity index is 365. The molecule has 5 nitrogen and oxygen atoms in total. The maximum atomic E-state index is 8.59. The Morgan fingerprint density at radius 3 is 3.28 bits per heavy atom. The lowest BCUT2D eigenvalue weighted by molar-refractivity contribution is 0.0903. The average Bonchev–Trinajstić information content (AvgIpc) is 2.77. The number of nitrogens with one attached hydrogen (secondary N) is 1. The van der Waals surface area contributed by atoms with Crippen molar-refractivity contribution < 1.29 is 9.84 Å². The molecule has 0 amide bonds. The molecule has 0 aliphatic heterocycles. The maximum Gasteiger partial charge on any atom is 0.0697 e. The highest BCUT2D eigenvalue weighted by molar-refractivity contribution is 5.24. The highest BCUT2D eigenvalue weighted by Gasteiger charge is 2.22. The third kappa shape index (κ3) is 3.31. The zero-order valence-electron chi connectivity index (χ0n) is 11.1. The molecule has 2 N–H and O–H groups in total. The zero-order valence-corrected chi connectivity index (χ0v) is 11.1. The Balaban J connectivity index is 1.74. The lowest BCUT2D eigenvalue weighted by atomic mass is 9.93. The molecule has 0 spiro atoms. The van der Waals surface area contributed by atoms with E-state index in [4.69, 9.17) is 9.84 Å². The molecule has 1 aliphatic carbocycles. The fourth-order valence-corrected chi connectivity index (χ4v) is 2.54. The molecule has 1 aromatic heterocycles. The van der Waals surface area contributed by atoms with Crippen molar-refractivity contribution >= 4 is 0 Å². The molecule has 0 fully saturated rings. The van der Waals surface area contributed by atoms with Gasteiger partial charge in [-0.3, -0.25) is 4.68 Å². The van der Waals surface area contributed by atoms with Gasteiger partial charge in [0.15, 0.2) is 0 Å². The Labute approximate surface area is 108 Å². The van der Waals surface area contributed by atoms with Gasteiger partial charge in [0.05, 0.1) is 19.4 Å². The van der Waals surface area contributed by atoms with E-state index in [0.717, 1.165) is 19.4 Å². The molecule has 0 bridgehead atoms. The first-order valence-electron chi connectivity index (χ1n) is 6.75. The third-order valence-electron chi connectivity index (χ3n) is 3.47. The van der Waals surface area contributed by atoms with Gasteiger partial charge in [-0.05, 0) is 32.2 Å². The van der Waals surface area contributed by atoms with Crippen molar-refractivity contribution in [3.8, 4) is 0 Å². The summed E-state index contributed by atoms with van der Waals surface area (Å²) < 4.78 is 7.23. The Hall–Kier alpha value is -0.910. The van der Waals surface area contributed by atoms with Crippen molar-refractivity contribution in [1.29, 1.82) is 0 Å². The van der Waals surface area contributed by atoms with Crippen molar-refractivity contribution in [2.45, 2.75) is 31.7 Å². The summed E-state index contributed by atoms with van der Waals surface area (Å²) in [7, 11) is 2.02. The average molecular weight is 253 g/mol. The van der Waals surface area contributed by atoms with Crippen LogP contribution < -0.4 is 5.32 Å². The summed E-state index contributed by atoms with van der Waals surface area (Å²) in [5.74, 6) is 0. The van der Waals surface area contributed by atoms with Gasteiger partial charge in [-0.15, -0.1) is 0 Å². The van der Waals surface area contributed by atoms with E-state index in [2.05, 4.69) is 10.4 Å². The molecular formula is C13H23N3O2. The van der Waals surface area contributed by atoms with Crippen molar-refractivity contribution in [1.82, 2.24) is 15.1 Å². The van der Waals surface area contributed by atoms with Gasteiger partial charge >= 0.3 is 0 Å². The number of hydrogen-bond acceptors (Lipinski definition) is 4. The minimum atomic E-state index is 0.106. The van der Waals surface area contributed by atoms with E-state index in [-0.39, 0.29) is 6.61 Å². The molecular weight excluding hydrogens is 230 g/mol. The molecule has 18 heavy (non-hydrogen) atoms. The van der Waals surface area contributed by atoms with Gasteiger partial charge in [0.2, 0.25) is 0 Å². The standard InChI is InChI=1S/C13H23N3O2/c1-16-13-5-2-4-12(11(13)10-15-16)14-6-3-8-18-9-7-17/h10,12,14,17H,2-9H2,1H3. The summed E-state index contributed by atoms with van der Waals surface area (Å²) in [4.78, 5) is 0. The summed E-state index contributed by atoms with van der Waals surface area (Å²) in [6, 6.07) is 0.445. The number of nitrogens with zero attached hydrogens (tertiary/aromatic N) is 2. The van der Waals surface area contributed by atoms with Gasteiger partial charge in [-0.2, -0.15) is 5.10 Å². The first-order chi connectivity index (χ1) is 8.83. The first kappa shape index (κ1) is 13.5. The van der Waals surface area contributed by atoms with Crippen LogP contribution in [0, 0.1) is 0 Å². The summed E-state index contributed by atoms with van der Waals surface area (Å²) >= 11 is 0. The van der Waals surface area contributed by atoms with Gasteiger partial charge in [0.25, 0.3) is 0 Å². The normalized spacial score (nSPS) is 18.9. The second-order valence-corrected chi connectivity index (χ2v) is 4.76. The van der Waals surface area contributed by atoms with Crippen molar-refractivity contribution in [2.75, 3.05) is 26.4 Å². The van der Waals surface area contributed by atoms with Crippen molar-refractivity contribution in [2.24, 2.45) is 7.05 Å². The van der Waals surface area contributed by atoms with Crippen LogP contribution in [0.3, 0.4) is 0 Å². The second-order valence-electron chi connectivity index (χ2n) is 4.76. The molecule has 0 aromatic carbocycles. The summed E-state index contributed by atoms with van der Waals surface area (Å²) in [6.45, 7) is 2.20. The molecule has 1 heterocycles. The lowest BCUT2D eigenvalue weighted by Crippen LogP contribution is -2.26. The van der Waals surface area contributed by atoms with Gasteiger partial charge in [0, 0.05) is 31.0 Å². The fourth-order valence-electron chi connectivity index (χ4n) is 2.54. The quantitative estimate of drug-likeness (QED) is 0.705. The van der Waals surface area contributed by atoms with E-state index in [1.807, 2.05) is 17.9 Å². The molecule has 1 atom stereocenters. The molecule has 1 aromatic rings. The van der Waals surface area contributed by atoms with E-state index >= 15 is 0 Å². The predicted molar refractivity (Wildman–Crippen MR) is 69.4 cm³/mol. The number of rotatable bonds is 7. The van der Waals surface area contributed by atoms with Gasteiger partial charge < -0.3 is 15.2 Å². The SMILES string of the molecule is Cn1ncc2c1CCCC2NCCCOCCO. The molecule has 1 aliphatic rings. The molecule has 0 saturated heterocycles. The van der Waals surface area contributed by atoms with Crippen LogP contribution in [0.2, 0.25) is 0 Å². The zero-order chi connectivity index (χ0) is 12.8. The summed E-state index contributed by atoms with van der Waals surface area (Å²) in [5.41, 5.74) is 2.73. The van der Waals surface area contributed by atoms with Gasteiger partial charge in [-0.25, -0.2) is 0 Å². The third-order valence-corrected chi connectivity index (χ3v) is 3.47. The van der Waals surface area contributed by atoms with Crippen molar-refractivity contribution in [3.05, 3.63) is 17.5 Å². The number of aliphatic hydroxyl groups excluding tert-OH is 1. The number of hydrogen-bond donors (Lipinski definition) is 2. The summed E-state index contributed by atoms with van der Waals surface area (Å²) in [6.07, 6.45) is 6.53. The number of aryl methyl sites for hydroxylation is 1. The van der Waals surface area contributed by atoms with Crippen LogP contribution in [0.5, 0.6) is 0 Å². The molecule has 0 radical (unpaired) electrons. The number of fused-ring (bicyclic) bond motifs is 1. The van der Waals surface area contributed by atoms with Crippen LogP contribution in [0.4, 0.5) is 0 Å². The molecule has 1 unspecified atom stereocenters. The molecule has 5 heteroatoms. The van der Waals surface area contributed by atoms with Gasteiger partial charge in [0.1, 0.15) is 0 Å². The van der Waals surface area contributed by atoms with Crippen LogP contribution in [-0.4, -0.2) is 41.3 Å². The Kier molecular flexibility index (Phi) is 5.16. The van der Waals surface area contributed by atoms with Crippen LogP contribution >= 0.6 is 0 Å². The van der Waals surface area contributed by atoms with E-state index in [9.17, 15) is 0 Å². The van der Waals surface area contributed by atoms with Crippen LogP contribution in [-0.2, 0) is 18.2 Å². The van der Waals surface area contributed by atoms with E-state index < -0.39 is 0 Å². The molecule has 2 rings (SSSR count). The fraction of sp³-hybridized carbons (Fsp3) is 0.769. The smallest absolute Gasteiger partial charge is 0.0697 e. The van der Waals surface area contributed by atoms with E-state index in [1.165, 1.54) is 24.1 Å². The summed E-state index contributed by atoms with van der Waals surface area (Å²) in [5, 5.41) is 16.5. The largest absolute Gasteiger partial charge is 0.394 e. The number of aromatic nitrogens is 2. The number of aliphatic hydroxyl groups is 1. The number of ether oxygens (including phenoxy) is 1. The van der Waals surface area contributed by atoms with Crippen molar-refractivity contribution in [3.63, 3.8) is 0 Å². The second kappa shape index (κ2) is 6.87. The first-order valence-corrected chi connectivity index (χ1v) is 6.75. The topological polar surface area (TPSA) is 59.3 Å². The van der Waals surface area contributed by atoms with E-state index in [0.29, 0.717) is 19.3 Å². The lowest BCUT2D eigenvalue weighted by Gasteiger charge is -2.23. The van der Waals surface area contributed by atoms with Gasteiger partial charge in [-0.1, -0.05) is 0 Å². The minimum Gasteiger partial charge on any atom is -0.394 e. The highest BCUT2D eigenvalue weighted by atomic mass is 16.5. The molecule has 0 saturated carbocycles. The van der Waals surface area contributed by atoms with Crippen LogP contribution in [0.25, 0.3) is 0 Å². The molecule has 102 valence electrons. The maximum absolute atomic E-state index is 8.59. The minimum absolute atomic E-state index is 0.106. The Morgan fingerprint density at radius 1 is 1.56 bits per heavy atom. The van der Waals surface area contributed by atoms with E-state index in [1.54, 1.807) is 0 Å². The van der Waals surface area contributed by atoms with Crippen LogP contribution in [0.15, 0.2) is 6.20 Å². The Morgan fingerprint density at radius 2 is 2.44 bits per heavy atom. The monoisotopic (exact) mass is 253 g/mol. The predicted octanol–water partition coefficient (Wildman–Crippen LogP) is 0.786. The van der Waals surface area contributed by atoms with Crippen LogP contribution in [0.1, 0.15) is 36.6 Å².